The van der Waals surface area contributed by atoms with Crippen molar-refractivity contribution < 1.29 is 25.3 Å². The third-order valence-corrected chi connectivity index (χ3v) is 2.65. The van der Waals surface area contributed by atoms with Gasteiger partial charge in [-0.25, -0.2) is 0 Å². The van der Waals surface area contributed by atoms with Gasteiger partial charge in [0.15, 0.2) is 0 Å². The van der Waals surface area contributed by atoms with Crippen LogP contribution in [-0.4, -0.2) is 28.6 Å². The summed E-state index contributed by atoms with van der Waals surface area (Å²) in [5, 5.41) is 1.72. The van der Waals surface area contributed by atoms with E-state index in [9.17, 15) is 14.4 Å². The Kier molecular flexibility index (Phi) is 1.23. The van der Waals surface area contributed by atoms with Crippen molar-refractivity contribution in [1.29, 1.82) is 0 Å². The second-order valence-corrected chi connectivity index (χ2v) is 3.87. The molecule has 2 aliphatic rings. The first-order valence-electron chi connectivity index (χ1n) is 9.28. The molecular weight excluding hydrogens is 246 g/mol. The van der Waals surface area contributed by atoms with E-state index in [1.165, 1.54) is 0 Å². The minimum absolute atomic E-state index is 0.0142. The molecule has 1 aromatic rings. The summed E-state index contributed by atoms with van der Waals surface area (Å²) in [5.74, 6) is -3.97. The van der Waals surface area contributed by atoms with Crippen LogP contribution >= 0.6 is 0 Å². The van der Waals surface area contributed by atoms with Crippen LogP contribution in [0.15, 0.2) is 18.1 Å². The number of nitrogen functional groups attached to an aromatic ring is 1. The van der Waals surface area contributed by atoms with Crippen molar-refractivity contribution >= 4 is 23.4 Å². The predicted molar refractivity (Wildman–Crippen MR) is 66.9 cm³/mol. The van der Waals surface area contributed by atoms with Gasteiger partial charge in [0.25, 0.3) is 5.91 Å². The largest absolute Gasteiger partial charge is 0.398 e. The van der Waals surface area contributed by atoms with Crippen molar-refractivity contribution in [3.05, 3.63) is 29.3 Å². The molecule has 2 heterocycles. The Balaban J connectivity index is 2.32. The molecule has 0 radical (unpaired) electrons. The zero-order valence-electron chi connectivity index (χ0n) is 17.5. The molecule has 1 aromatic carbocycles. The summed E-state index contributed by atoms with van der Waals surface area (Å²) < 4.78 is 64.1. The highest BCUT2D eigenvalue weighted by molar-refractivity contribution is 6.06. The number of benzene rings is 1. The topological polar surface area (TPSA) is 92.5 Å². The first kappa shape index (κ1) is 5.73. The van der Waals surface area contributed by atoms with Gasteiger partial charge in [-0.2, -0.15) is 0 Å². The summed E-state index contributed by atoms with van der Waals surface area (Å²) >= 11 is 0. The van der Waals surface area contributed by atoms with E-state index in [0.717, 1.165) is 0 Å². The Labute approximate surface area is 120 Å². The number of nitrogens with two attached hydrogens (primary N) is 1. The summed E-state index contributed by atoms with van der Waals surface area (Å²) in [6.07, 6.45) is -3.93. The van der Waals surface area contributed by atoms with Crippen molar-refractivity contribution in [2.45, 2.75) is 25.3 Å². The van der Waals surface area contributed by atoms with Gasteiger partial charge in [0.05, 0.1) is 8.22 Å². The van der Waals surface area contributed by atoms with Gasteiger partial charge >= 0.3 is 0 Å². The molecule has 3 N–H and O–H groups in total. The second kappa shape index (κ2) is 4.08. The number of amides is 3. The molecule has 0 saturated carbocycles. The summed E-state index contributed by atoms with van der Waals surface area (Å²) in [6, 6.07) is -5.47. The number of piperidine rings is 1. The maximum Gasteiger partial charge on any atom is 0.255 e. The molecule has 3 rings (SSSR count). The second-order valence-electron chi connectivity index (χ2n) is 3.87. The van der Waals surface area contributed by atoms with Crippen LogP contribution in [0.2, 0.25) is 0 Å². The number of nitrogens with one attached hydrogen (secondary N) is 1. The predicted octanol–water partition coefficient (Wildman–Crippen LogP) is 0.0298. The van der Waals surface area contributed by atoms with E-state index in [4.69, 9.17) is 16.7 Å². The fourth-order valence-corrected chi connectivity index (χ4v) is 1.78. The van der Waals surface area contributed by atoms with Gasteiger partial charge in [-0.3, -0.25) is 19.7 Å². The number of fused-ring (bicyclic) bond motifs is 1. The normalized spacial score (nSPS) is 37.7. The summed E-state index contributed by atoms with van der Waals surface area (Å²) in [5.41, 5.74) is 3.67. The molecule has 1 atom stereocenters. The summed E-state index contributed by atoms with van der Waals surface area (Å²) in [4.78, 5) is 36.7. The van der Waals surface area contributed by atoms with Crippen molar-refractivity contribution in [3.8, 4) is 0 Å². The highest BCUT2D eigenvalue weighted by Gasteiger charge is 2.39. The molecule has 3 amide bonds. The smallest absolute Gasteiger partial charge is 0.255 e. The van der Waals surface area contributed by atoms with Crippen LogP contribution in [0.4, 0.5) is 5.69 Å². The standard InChI is InChI=1S/C13H13N3O3/c14-9-3-1-2-7-8(9)6-16(13(7)19)10-4-5-11(17)15-12(10)18/h1-3,10H,4-6,14H2,(H,15,17,18)/t10-/m1/s1/i1D,2D,3D,4D2,6D2,10D. The highest BCUT2D eigenvalue weighted by atomic mass is 16.2. The summed E-state index contributed by atoms with van der Waals surface area (Å²) in [7, 11) is 0. The lowest BCUT2D eigenvalue weighted by molar-refractivity contribution is -0.136. The lowest BCUT2D eigenvalue weighted by Crippen LogP contribution is -2.52. The molecule has 0 bridgehead atoms. The molecule has 6 nitrogen and oxygen atoms in total. The maximum absolute atomic E-state index is 12.9. The molecular formula is C13H13N3O3. The van der Waals surface area contributed by atoms with E-state index >= 15 is 0 Å². The van der Waals surface area contributed by atoms with Crippen LogP contribution in [0.1, 0.15) is 39.7 Å². The molecule has 2 aliphatic heterocycles. The third kappa shape index (κ3) is 1.76. The molecule has 1 fully saturated rings. The van der Waals surface area contributed by atoms with Crippen LogP contribution in [0.25, 0.3) is 0 Å². The van der Waals surface area contributed by atoms with Crippen molar-refractivity contribution in [2.24, 2.45) is 0 Å². The van der Waals surface area contributed by atoms with Crippen molar-refractivity contribution in [1.82, 2.24) is 10.2 Å². The minimum atomic E-state index is -3.19. The number of imide groups is 1. The minimum Gasteiger partial charge on any atom is -0.398 e. The number of nitrogens with zero attached hydrogens (tertiary/aromatic N) is 1. The van der Waals surface area contributed by atoms with Gasteiger partial charge < -0.3 is 10.6 Å². The lowest BCUT2D eigenvalue weighted by Gasteiger charge is -2.29. The van der Waals surface area contributed by atoms with Crippen LogP contribution in [0, 0.1) is 0 Å². The third-order valence-electron chi connectivity index (χ3n) is 2.65. The molecule has 0 aliphatic carbocycles. The fourth-order valence-electron chi connectivity index (χ4n) is 1.78. The van der Waals surface area contributed by atoms with E-state index in [1.807, 2.05) is 0 Å². The van der Waals surface area contributed by atoms with Crippen molar-refractivity contribution in [2.75, 3.05) is 5.73 Å². The average Bonchev–Trinajstić information content (AvgIpc) is 2.74. The quantitative estimate of drug-likeness (QED) is 0.554. The molecule has 19 heavy (non-hydrogen) atoms. The highest BCUT2D eigenvalue weighted by Crippen LogP contribution is 2.30. The van der Waals surface area contributed by atoms with Crippen LogP contribution < -0.4 is 11.1 Å². The Morgan fingerprint density at radius 3 is 3.00 bits per heavy atom. The molecule has 0 aromatic heterocycles. The van der Waals surface area contributed by atoms with Gasteiger partial charge in [-0.15, -0.1) is 0 Å². The number of carbonyl (C=O) groups is 3. The molecule has 6 heteroatoms. The number of hydrogen-bond donors (Lipinski definition) is 2. The van der Waals surface area contributed by atoms with E-state index < -0.39 is 78.0 Å². The van der Waals surface area contributed by atoms with Gasteiger partial charge in [-0.05, 0) is 18.5 Å². The maximum atomic E-state index is 12.9. The SMILES string of the molecule is [2H]c1c([2H])c(N)c2c(c1[2H])C(=O)N([C@@]1([2H])C(=O)NC(=O)CC1([2H])[2H])C2([2H])[2H]. The first-order valence-corrected chi connectivity index (χ1v) is 5.28. The van der Waals surface area contributed by atoms with Crippen molar-refractivity contribution in [3.63, 3.8) is 0 Å². The molecule has 1 saturated heterocycles. The van der Waals surface area contributed by atoms with Gasteiger partial charge in [0, 0.05) is 32.5 Å². The number of anilines is 1. The van der Waals surface area contributed by atoms with E-state index in [2.05, 4.69) is 0 Å². The van der Waals surface area contributed by atoms with Gasteiger partial charge in [-0.1, -0.05) is 6.04 Å². The van der Waals surface area contributed by atoms with Crippen LogP contribution in [-0.2, 0) is 16.1 Å². The number of hydrogen-bond acceptors (Lipinski definition) is 4. The van der Waals surface area contributed by atoms with E-state index in [1.54, 1.807) is 5.32 Å². The zero-order chi connectivity index (χ0) is 20.7. The Bertz CT molecular complexity index is 934. The van der Waals surface area contributed by atoms with E-state index in [0.29, 0.717) is 0 Å². The fraction of sp³-hybridized carbons (Fsp3) is 0.308. The molecule has 0 unspecified atom stereocenters. The molecule has 98 valence electrons. The Morgan fingerprint density at radius 1 is 1.47 bits per heavy atom. The zero-order valence-corrected chi connectivity index (χ0v) is 9.46. The number of rotatable bonds is 1. The average molecular weight is 267 g/mol. The Morgan fingerprint density at radius 2 is 2.26 bits per heavy atom. The monoisotopic (exact) mass is 267 g/mol. The molecule has 0 spiro atoms. The lowest BCUT2D eigenvalue weighted by atomic mass is 10.0. The van der Waals surface area contributed by atoms with Crippen LogP contribution in [0.5, 0.6) is 0 Å². The van der Waals surface area contributed by atoms with E-state index in [-0.39, 0.29) is 4.90 Å². The first-order chi connectivity index (χ1) is 12.2. The van der Waals surface area contributed by atoms with Gasteiger partial charge in [0.1, 0.15) is 6.02 Å². The Hall–Kier alpha value is -2.37. The summed E-state index contributed by atoms with van der Waals surface area (Å²) in [6.45, 7) is -3.04. The van der Waals surface area contributed by atoms with Crippen LogP contribution in [0.3, 0.4) is 0 Å². The van der Waals surface area contributed by atoms with Gasteiger partial charge in [0.2, 0.25) is 11.8 Å². The number of carbonyl (C=O) groups excluding carboxylic acids is 3.